The highest BCUT2D eigenvalue weighted by molar-refractivity contribution is 5.95. The molecular formula is C15H20F2N2O. The molecule has 1 amide bonds. The molecule has 0 spiro atoms. The van der Waals surface area contributed by atoms with E-state index < -0.39 is 23.1 Å². The lowest BCUT2D eigenvalue weighted by Crippen LogP contribution is -2.45. The molecule has 0 aromatic heterocycles. The summed E-state index contributed by atoms with van der Waals surface area (Å²) in [6, 6.07) is 2.34. The second-order valence-electron chi connectivity index (χ2n) is 5.42. The molecule has 110 valence electrons. The third-order valence-corrected chi connectivity index (χ3v) is 3.91. The van der Waals surface area contributed by atoms with E-state index in [0.717, 1.165) is 32.0 Å². The first-order valence-corrected chi connectivity index (χ1v) is 6.97. The summed E-state index contributed by atoms with van der Waals surface area (Å²) in [4.78, 5) is 12.1. The molecule has 2 unspecified atom stereocenters. The molecular weight excluding hydrogens is 262 g/mol. The minimum absolute atomic E-state index is 0.116. The molecule has 2 N–H and O–H groups in total. The van der Waals surface area contributed by atoms with Crippen LogP contribution in [-0.2, 0) is 0 Å². The van der Waals surface area contributed by atoms with Crippen molar-refractivity contribution >= 4 is 5.91 Å². The Morgan fingerprint density at radius 1 is 1.45 bits per heavy atom. The highest BCUT2D eigenvalue weighted by atomic mass is 19.1. The quantitative estimate of drug-likeness (QED) is 0.894. The molecule has 2 rings (SSSR count). The first kappa shape index (κ1) is 14.9. The number of carbonyl (C=O) groups is 1. The first-order valence-electron chi connectivity index (χ1n) is 6.97. The van der Waals surface area contributed by atoms with Gasteiger partial charge < -0.3 is 10.6 Å². The maximum atomic E-state index is 13.9. The van der Waals surface area contributed by atoms with Crippen LogP contribution in [0.2, 0.25) is 0 Å². The van der Waals surface area contributed by atoms with Gasteiger partial charge in [0.15, 0.2) is 0 Å². The van der Waals surface area contributed by atoms with Crippen LogP contribution in [0.25, 0.3) is 0 Å². The zero-order chi connectivity index (χ0) is 14.7. The first-order chi connectivity index (χ1) is 9.50. The van der Waals surface area contributed by atoms with Crippen molar-refractivity contribution in [1.29, 1.82) is 0 Å². The van der Waals surface area contributed by atoms with Gasteiger partial charge in [-0.1, -0.05) is 6.07 Å². The largest absolute Gasteiger partial charge is 0.349 e. The third-order valence-electron chi connectivity index (χ3n) is 3.91. The van der Waals surface area contributed by atoms with E-state index in [1.54, 1.807) is 0 Å². The van der Waals surface area contributed by atoms with Gasteiger partial charge in [-0.25, -0.2) is 8.78 Å². The highest BCUT2D eigenvalue weighted by Crippen LogP contribution is 2.18. The molecule has 0 aliphatic carbocycles. The fraction of sp³-hybridized carbons (Fsp3) is 0.533. The maximum Gasteiger partial charge on any atom is 0.257 e. The number of piperidine rings is 1. The molecule has 0 saturated carbocycles. The molecule has 1 saturated heterocycles. The van der Waals surface area contributed by atoms with Crippen LogP contribution in [0.4, 0.5) is 8.78 Å². The Hall–Kier alpha value is -1.49. The van der Waals surface area contributed by atoms with Crippen molar-refractivity contribution in [1.82, 2.24) is 10.6 Å². The Labute approximate surface area is 117 Å². The minimum atomic E-state index is -0.820. The van der Waals surface area contributed by atoms with E-state index in [1.165, 1.54) is 13.0 Å². The van der Waals surface area contributed by atoms with E-state index in [9.17, 15) is 13.6 Å². The smallest absolute Gasteiger partial charge is 0.257 e. The van der Waals surface area contributed by atoms with Crippen LogP contribution in [0.3, 0.4) is 0 Å². The third kappa shape index (κ3) is 3.15. The summed E-state index contributed by atoms with van der Waals surface area (Å²) in [7, 11) is 0. The fourth-order valence-corrected chi connectivity index (χ4v) is 2.57. The fourth-order valence-electron chi connectivity index (χ4n) is 2.57. The zero-order valence-corrected chi connectivity index (χ0v) is 11.8. The van der Waals surface area contributed by atoms with Crippen molar-refractivity contribution in [3.8, 4) is 0 Å². The van der Waals surface area contributed by atoms with E-state index >= 15 is 0 Å². The Bertz CT molecular complexity index is 499. The molecule has 0 radical (unpaired) electrons. The summed E-state index contributed by atoms with van der Waals surface area (Å²) in [5.41, 5.74) is -0.218. The Balaban J connectivity index is 2.10. The number of rotatable bonds is 3. The van der Waals surface area contributed by atoms with Crippen molar-refractivity contribution < 1.29 is 13.6 Å². The molecule has 1 aliphatic heterocycles. The lowest BCUT2D eigenvalue weighted by atomic mass is 9.92. The van der Waals surface area contributed by atoms with Gasteiger partial charge in [-0.3, -0.25) is 4.79 Å². The number of halogens is 2. The number of hydrogen-bond donors (Lipinski definition) is 2. The van der Waals surface area contributed by atoms with Crippen LogP contribution < -0.4 is 10.6 Å². The Morgan fingerprint density at radius 3 is 2.85 bits per heavy atom. The van der Waals surface area contributed by atoms with E-state index in [1.807, 2.05) is 6.92 Å². The van der Waals surface area contributed by atoms with Gasteiger partial charge in [0.2, 0.25) is 0 Å². The van der Waals surface area contributed by atoms with Gasteiger partial charge in [-0.05, 0) is 57.3 Å². The van der Waals surface area contributed by atoms with Crippen molar-refractivity contribution in [2.75, 3.05) is 13.1 Å². The zero-order valence-electron chi connectivity index (χ0n) is 11.8. The second-order valence-corrected chi connectivity index (χ2v) is 5.42. The second kappa shape index (κ2) is 6.31. The number of amides is 1. The lowest BCUT2D eigenvalue weighted by molar-refractivity contribution is 0.0913. The van der Waals surface area contributed by atoms with Gasteiger partial charge in [0, 0.05) is 6.04 Å². The van der Waals surface area contributed by atoms with Crippen molar-refractivity contribution in [3.05, 3.63) is 34.9 Å². The molecule has 1 aromatic rings. The number of hydrogen-bond acceptors (Lipinski definition) is 2. The molecule has 3 nitrogen and oxygen atoms in total. The number of benzene rings is 1. The van der Waals surface area contributed by atoms with Gasteiger partial charge in [0.1, 0.15) is 17.2 Å². The average molecular weight is 282 g/mol. The normalized spacial score (nSPS) is 20.5. The van der Waals surface area contributed by atoms with Crippen LogP contribution in [0.15, 0.2) is 12.1 Å². The van der Waals surface area contributed by atoms with E-state index in [-0.39, 0.29) is 11.6 Å². The summed E-state index contributed by atoms with van der Waals surface area (Å²) in [6.07, 6.45) is 2.06. The molecule has 1 aromatic carbocycles. The predicted molar refractivity (Wildman–Crippen MR) is 73.6 cm³/mol. The molecule has 20 heavy (non-hydrogen) atoms. The van der Waals surface area contributed by atoms with Crippen molar-refractivity contribution in [2.24, 2.45) is 5.92 Å². The van der Waals surface area contributed by atoms with E-state index in [0.29, 0.717) is 5.92 Å². The summed E-state index contributed by atoms with van der Waals surface area (Å²) in [6.45, 7) is 5.19. The van der Waals surface area contributed by atoms with Crippen molar-refractivity contribution in [3.63, 3.8) is 0 Å². The van der Waals surface area contributed by atoms with Gasteiger partial charge in [0.25, 0.3) is 5.91 Å². The topological polar surface area (TPSA) is 41.1 Å². The number of aryl methyl sites for hydroxylation is 1. The van der Waals surface area contributed by atoms with Gasteiger partial charge in [-0.2, -0.15) is 0 Å². The molecule has 5 heteroatoms. The van der Waals surface area contributed by atoms with Crippen LogP contribution in [0, 0.1) is 24.5 Å². The molecule has 1 heterocycles. The van der Waals surface area contributed by atoms with E-state index in [4.69, 9.17) is 0 Å². The standard InChI is InChI=1S/C15H20F2N2O/c1-9-5-6-12(16)13(14(9)17)15(20)19-10(2)11-4-3-7-18-8-11/h5-6,10-11,18H,3-4,7-8H2,1-2H3,(H,19,20). The van der Waals surface area contributed by atoms with Gasteiger partial charge >= 0.3 is 0 Å². The summed E-state index contributed by atoms with van der Waals surface area (Å²) in [5, 5.41) is 5.98. The SMILES string of the molecule is Cc1ccc(F)c(C(=O)NC(C)C2CCCNC2)c1F. The van der Waals surface area contributed by atoms with Crippen LogP contribution in [0.1, 0.15) is 35.7 Å². The number of carbonyl (C=O) groups excluding carboxylic acids is 1. The number of nitrogens with one attached hydrogen (secondary N) is 2. The minimum Gasteiger partial charge on any atom is -0.349 e. The summed E-state index contributed by atoms with van der Waals surface area (Å²) >= 11 is 0. The molecule has 1 fully saturated rings. The molecule has 1 aliphatic rings. The highest BCUT2D eigenvalue weighted by Gasteiger charge is 2.25. The maximum absolute atomic E-state index is 13.9. The van der Waals surface area contributed by atoms with Crippen LogP contribution in [0.5, 0.6) is 0 Å². The lowest BCUT2D eigenvalue weighted by Gasteiger charge is -2.29. The van der Waals surface area contributed by atoms with E-state index in [2.05, 4.69) is 10.6 Å². The summed E-state index contributed by atoms with van der Waals surface area (Å²) in [5.74, 6) is -1.98. The van der Waals surface area contributed by atoms with Gasteiger partial charge in [0.05, 0.1) is 0 Å². The molecule has 2 atom stereocenters. The Morgan fingerprint density at radius 2 is 2.20 bits per heavy atom. The predicted octanol–water partition coefficient (Wildman–Crippen LogP) is 2.39. The summed E-state index contributed by atoms with van der Waals surface area (Å²) < 4.78 is 27.6. The monoisotopic (exact) mass is 282 g/mol. The van der Waals surface area contributed by atoms with Gasteiger partial charge in [-0.15, -0.1) is 0 Å². The van der Waals surface area contributed by atoms with Crippen molar-refractivity contribution in [2.45, 2.75) is 32.7 Å². The van der Waals surface area contributed by atoms with Crippen LogP contribution in [-0.4, -0.2) is 25.0 Å². The Kier molecular flexibility index (Phi) is 4.70. The average Bonchev–Trinajstić information content (AvgIpc) is 2.44. The molecule has 0 bridgehead atoms. The van der Waals surface area contributed by atoms with Crippen LogP contribution >= 0.6 is 0 Å².